The van der Waals surface area contributed by atoms with Gasteiger partial charge in [0.2, 0.25) is 5.91 Å². The van der Waals surface area contributed by atoms with Crippen molar-refractivity contribution in [1.29, 1.82) is 0 Å². The van der Waals surface area contributed by atoms with Crippen LogP contribution in [0.25, 0.3) is 0 Å². The molecule has 1 atom stereocenters. The van der Waals surface area contributed by atoms with Gasteiger partial charge in [-0.3, -0.25) is 9.69 Å². The van der Waals surface area contributed by atoms with Gasteiger partial charge in [-0.05, 0) is 49.1 Å². The van der Waals surface area contributed by atoms with Gasteiger partial charge in [0.1, 0.15) is 6.33 Å². The Morgan fingerprint density at radius 1 is 1.22 bits per heavy atom. The molecule has 0 aromatic carbocycles. The molecule has 2 saturated heterocycles. The Labute approximate surface area is 136 Å². The fraction of sp³-hybridized carbons (Fsp3) is 0.867. The number of aryl methyl sites for hydroxylation is 1. The van der Waals surface area contributed by atoms with Crippen LogP contribution in [0.3, 0.4) is 0 Å². The zero-order valence-corrected chi connectivity index (χ0v) is 13.5. The van der Waals surface area contributed by atoms with E-state index in [1.165, 1.54) is 0 Å². The third-order valence-corrected chi connectivity index (χ3v) is 4.93. The van der Waals surface area contributed by atoms with Crippen molar-refractivity contribution >= 4 is 5.91 Å². The number of tetrazole rings is 1. The van der Waals surface area contributed by atoms with Crippen LogP contribution in [0.4, 0.5) is 0 Å². The average molecular weight is 322 g/mol. The third-order valence-electron chi connectivity index (χ3n) is 4.93. The van der Waals surface area contributed by atoms with Gasteiger partial charge in [0, 0.05) is 38.6 Å². The van der Waals surface area contributed by atoms with Crippen LogP contribution < -0.4 is 0 Å². The highest BCUT2D eigenvalue weighted by atomic mass is 16.3. The van der Waals surface area contributed by atoms with Crippen LogP contribution in [0.15, 0.2) is 6.33 Å². The lowest BCUT2D eigenvalue weighted by atomic mass is 9.98. The first kappa shape index (κ1) is 16.3. The van der Waals surface area contributed by atoms with Crippen LogP contribution in [0, 0.1) is 0 Å². The first-order valence-electron chi connectivity index (χ1n) is 8.63. The van der Waals surface area contributed by atoms with Crippen molar-refractivity contribution in [3.05, 3.63) is 6.33 Å². The van der Waals surface area contributed by atoms with Gasteiger partial charge >= 0.3 is 0 Å². The largest absolute Gasteiger partial charge is 0.392 e. The minimum absolute atomic E-state index is 0.172. The SMILES string of the molecule is O=C(CCCn1cnnn1)N1CCC(N2CCC[C@H](O)C2)CC1. The van der Waals surface area contributed by atoms with E-state index in [-0.39, 0.29) is 12.0 Å². The average Bonchev–Trinajstić information content (AvgIpc) is 3.08. The topological polar surface area (TPSA) is 87.4 Å². The van der Waals surface area contributed by atoms with Crippen molar-refractivity contribution in [2.24, 2.45) is 0 Å². The molecule has 2 fully saturated rings. The molecule has 0 saturated carbocycles. The first-order chi connectivity index (χ1) is 11.2. The Balaban J connectivity index is 1.37. The fourth-order valence-corrected chi connectivity index (χ4v) is 3.63. The van der Waals surface area contributed by atoms with E-state index < -0.39 is 0 Å². The number of hydrogen-bond acceptors (Lipinski definition) is 6. The summed E-state index contributed by atoms with van der Waals surface area (Å²) < 4.78 is 1.65. The van der Waals surface area contributed by atoms with Gasteiger partial charge in [0.25, 0.3) is 0 Å². The number of aromatic nitrogens is 4. The quantitative estimate of drug-likeness (QED) is 0.815. The molecule has 0 bridgehead atoms. The summed E-state index contributed by atoms with van der Waals surface area (Å²) in [6.07, 6.45) is 6.76. The lowest BCUT2D eigenvalue weighted by Gasteiger charge is -2.41. The van der Waals surface area contributed by atoms with Crippen LogP contribution in [-0.4, -0.2) is 79.3 Å². The van der Waals surface area contributed by atoms with Gasteiger partial charge in [0.05, 0.1) is 6.10 Å². The summed E-state index contributed by atoms with van der Waals surface area (Å²) in [4.78, 5) is 16.7. The van der Waals surface area contributed by atoms with Crippen molar-refractivity contribution in [3.8, 4) is 0 Å². The molecule has 8 heteroatoms. The lowest BCUT2D eigenvalue weighted by molar-refractivity contribution is -0.133. The maximum Gasteiger partial charge on any atom is 0.222 e. The molecule has 0 aliphatic carbocycles. The van der Waals surface area contributed by atoms with E-state index in [4.69, 9.17) is 0 Å². The number of hydrogen-bond donors (Lipinski definition) is 1. The molecule has 128 valence electrons. The standard InChI is InChI=1S/C15H26N6O2/c22-14-3-1-7-20(11-14)13-5-9-19(10-6-13)15(23)4-2-8-21-12-16-17-18-21/h12-14,22H,1-11H2/t14-/m0/s1. The summed E-state index contributed by atoms with van der Waals surface area (Å²) in [5.41, 5.74) is 0. The monoisotopic (exact) mass is 322 g/mol. The lowest BCUT2D eigenvalue weighted by Crippen LogP contribution is -2.50. The van der Waals surface area contributed by atoms with Crippen molar-refractivity contribution in [2.75, 3.05) is 26.2 Å². The first-order valence-corrected chi connectivity index (χ1v) is 8.63. The second-order valence-electron chi connectivity index (χ2n) is 6.58. The summed E-state index contributed by atoms with van der Waals surface area (Å²) >= 11 is 0. The summed E-state index contributed by atoms with van der Waals surface area (Å²) in [5.74, 6) is 0.232. The normalized spacial score (nSPS) is 24.0. The Morgan fingerprint density at radius 3 is 2.74 bits per heavy atom. The van der Waals surface area contributed by atoms with Gasteiger partial charge in [-0.2, -0.15) is 0 Å². The molecule has 23 heavy (non-hydrogen) atoms. The molecule has 0 spiro atoms. The zero-order chi connectivity index (χ0) is 16.1. The molecule has 0 radical (unpaired) electrons. The highest BCUT2D eigenvalue weighted by molar-refractivity contribution is 5.76. The van der Waals surface area contributed by atoms with Gasteiger partial charge < -0.3 is 10.0 Å². The van der Waals surface area contributed by atoms with E-state index >= 15 is 0 Å². The predicted molar refractivity (Wildman–Crippen MR) is 83.5 cm³/mol. The number of likely N-dealkylation sites (tertiary alicyclic amines) is 2. The molecule has 0 unspecified atom stereocenters. The number of nitrogens with zero attached hydrogens (tertiary/aromatic N) is 6. The number of carbonyl (C=O) groups is 1. The number of amides is 1. The third kappa shape index (κ3) is 4.48. The Hall–Kier alpha value is -1.54. The molecule has 1 aromatic heterocycles. The second kappa shape index (κ2) is 7.83. The van der Waals surface area contributed by atoms with Crippen LogP contribution in [0.1, 0.15) is 38.5 Å². The molecular formula is C15H26N6O2. The molecule has 8 nitrogen and oxygen atoms in total. The van der Waals surface area contributed by atoms with E-state index in [0.717, 1.165) is 58.3 Å². The zero-order valence-electron chi connectivity index (χ0n) is 13.5. The molecule has 3 heterocycles. The molecule has 2 aliphatic rings. The highest BCUT2D eigenvalue weighted by Gasteiger charge is 2.29. The van der Waals surface area contributed by atoms with Gasteiger partial charge in [-0.15, -0.1) is 5.10 Å². The van der Waals surface area contributed by atoms with Crippen molar-refractivity contribution < 1.29 is 9.90 Å². The molecular weight excluding hydrogens is 296 g/mol. The van der Waals surface area contributed by atoms with Crippen LogP contribution >= 0.6 is 0 Å². The van der Waals surface area contributed by atoms with E-state index in [1.807, 2.05) is 4.90 Å². The summed E-state index contributed by atoms with van der Waals surface area (Å²) in [6.45, 7) is 4.23. The van der Waals surface area contributed by atoms with Gasteiger partial charge in [-0.1, -0.05) is 0 Å². The number of rotatable bonds is 5. The molecule has 1 amide bonds. The number of β-amino-alcohol motifs (C(OH)–C–C–N with tert-alkyl or cyclic N) is 1. The summed E-state index contributed by atoms with van der Waals surface area (Å²) in [6, 6.07) is 0.523. The highest BCUT2D eigenvalue weighted by Crippen LogP contribution is 2.21. The van der Waals surface area contributed by atoms with Crippen molar-refractivity contribution in [1.82, 2.24) is 30.0 Å². The maximum absolute atomic E-state index is 12.3. The second-order valence-corrected chi connectivity index (χ2v) is 6.58. The minimum Gasteiger partial charge on any atom is -0.392 e. The van der Waals surface area contributed by atoms with E-state index in [1.54, 1.807) is 11.0 Å². The van der Waals surface area contributed by atoms with Gasteiger partial charge in [-0.25, -0.2) is 4.68 Å². The van der Waals surface area contributed by atoms with Crippen LogP contribution in [0.2, 0.25) is 0 Å². The van der Waals surface area contributed by atoms with Crippen LogP contribution in [0.5, 0.6) is 0 Å². The minimum atomic E-state index is -0.172. The molecule has 3 rings (SSSR count). The molecule has 1 N–H and O–H groups in total. The van der Waals surface area contributed by atoms with Crippen LogP contribution in [-0.2, 0) is 11.3 Å². The Kier molecular flexibility index (Phi) is 5.56. The maximum atomic E-state index is 12.3. The number of aliphatic hydroxyl groups is 1. The smallest absolute Gasteiger partial charge is 0.222 e. The van der Waals surface area contributed by atoms with E-state index in [0.29, 0.717) is 19.0 Å². The predicted octanol–water partition coefficient (Wildman–Crippen LogP) is -0.0990. The van der Waals surface area contributed by atoms with E-state index in [9.17, 15) is 9.90 Å². The fourth-order valence-electron chi connectivity index (χ4n) is 3.63. The van der Waals surface area contributed by atoms with E-state index in [2.05, 4.69) is 20.4 Å². The van der Waals surface area contributed by atoms with Crippen molar-refractivity contribution in [2.45, 2.75) is 57.2 Å². The van der Waals surface area contributed by atoms with Crippen molar-refractivity contribution in [3.63, 3.8) is 0 Å². The van der Waals surface area contributed by atoms with Gasteiger partial charge in [0.15, 0.2) is 0 Å². The molecule has 1 aromatic rings. The Bertz CT molecular complexity index is 486. The summed E-state index contributed by atoms with van der Waals surface area (Å²) in [7, 11) is 0. The number of carbonyl (C=O) groups excluding carboxylic acids is 1. The number of aliphatic hydroxyl groups excluding tert-OH is 1. The number of piperidine rings is 2. The Morgan fingerprint density at radius 2 is 2.04 bits per heavy atom. The molecule has 2 aliphatic heterocycles. The summed E-state index contributed by atoms with van der Waals surface area (Å²) in [5, 5.41) is 20.8.